The molecule has 176 valence electrons. The van der Waals surface area contributed by atoms with Gasteiger partial charge in [0.05, 0.1) is 19.3 Å². The minimum Gasteiger partial charge on any atom is -0.497 e. The molecule has 1 amide bonds. The van der Waals surface area contributed by atoms with Crippen molar-refractivity contribution in [3.63, 3.8) is 0 Å². The minimum absolute atomic E-state index is 0.122. The molecule has 0 aliphatic heterocycles. The van der Waals surface area contributed by atoms with Gasteiger partial charge in [-0.05, 0) is 50.5 Å². The van der Waals surface area contributed by atoms with Crippen LogP contribution in [-0.4, -0.2) is 22.8 Å². The molecule has 0 radical (unpaired) electrons. The monoisotopic (exact) mass is 459 g/mol. The average molecular weight is 460 g/mol. The number of carbonyl (C=O) groups excluding carboxylic acids is 1. The highest BCUT2D eigenvalue weighted by Gasteiger charge is 2.16. The van der Waals surface area contributed by atoms with Crippen molar-refractivity contribution in [2.75, 3.05) is 7.11 Å². The van der Waals surface area contributed by atoms with Gasteiger partial charge in [0, 0.05) is 41.2 Å². The number of nitrogens with zero attached hydrogens (tertiary/aromatic N) is 2. The average Bonchev–Trinajstić information content (AvgIpc) is 3.09. The topological polar surface area (TPSA) is 86.4 Å². The van der Waals surface area contributed by atoms with Crippen molar-refractivity contribution in [3.05, 3.63) is 92.6 Å². The summed E-state index contributed by atoms with van der Waals surface area (Å²) in [5.41, 5.74) is 5.53. The lowest BCUT2D eigenvalue weighted by Crippen LogP contribution is -2.24. The Morgan fingerprint density at radius 3 is 2.59 bits per heavy atom. The Morgan fingerprint density at radius 1 is 1.09 bits per heavy atom. The van der Waals surface area contributed by atoms with E-state index < -0.39 is 5.63 Å². The zero-order valence-electron chi connectivity index (χ0n) is 20.0. The summed E-state index contributed by atoms with van der Waals surface area (Å²) in [5.74, 6) is 0.503. The van der Waals surface area contributed by atoms with Crippen LogP contribution in [0.2, 0.25) is 0 Å². The molecule has 1 N–H and O–H groups in total. The van der Waals surface area contributed by atoms with Crippen molar-refractivity contribution in [3.8, 4) is 5.75 Å². The molecule has 0 saturated heterocycles. The van der Waals surface area contributed by atoms with Crippen LogP contribution in [0.15, 0.2) is 57.7 Å². The fraction of sp³-hybridized carbons (Fsp3) is 0.296. The first-order valence-corrected chi connectivity index (χ1v) is 11.3. The number of hydrogen-bond donors (Lipinski definition) is 1. The second kappa shape index (κ2) is 9.95. The van der Waals surface area contributed by atoms with Gasteiger partial charge in [0.1, 0.15) is 11.3 Å². The molecule has 0 aliphatic carbocycles. The first-order chi connectivity index (χ1) is 16.4. The van der Waals surface area contributed by atoms with E-state index in [0.29, 0.717) is 36.4 Å². The molecule has 0 bridgehead atoms. The Morgan fingerprint density at radius 2 is 1.85 bits per heavy atom. The summed E-state index contributed by atoms with van der Waals surface area (Å²) in [6, 6.07) is 15.5. The number of rotatable bonds is 8. The van der Waals surface area contributed by atoms with Crippen molar-refractivity contribution >= 4 is 16.9 Å². The predicted octanol–water partition coefficient (Wildman–Crippen LogP) is 4.22. The molecule has 34 heavy (non-hydrogen) atoms. The van der Waals surface area contributed by atoms with Crippen LogP contribution in [-0.2, 0) is 24.3 Å². The van der Waals surface area contributed by atoms with Gasteiger partial charge in [0.25, 0.3) is 0 Å². The highest BCUT2D eigenvalue weighted by Crippen LogP contribution is 2.24. The van der Waals surface area contributed by atoms with Crippen molar-refractivity contribution in [1.29, 1.82) is 0 Å². The number of fused-ring (bicyclic) bond motifs is 1. The van der Waals surface area contributed by atoms with Crippen molar-refractivity contribution < 1.29 is 13.9 Å². The number of hydrogen-bond acceptors (Lipinski definition) is 5. The first-order valence-electron chi connectivity index (χ1n) is 11.3. The lowest BCUT2D eigenvalue weighted by atomic mass is 10.0. The zero-order chi connectivity index (χ0) is 24.2. The normalized spacial score (nSPS) is 11.1. The number of ether oxygens (including phenoxy) is 1. The summed E-state index contributed by atoms with van der Waals surface area (Å²) >= 11 is 0. The van der Waals surface area contributed by atoms with Crippen LogP contribution < -0.4 is 15.7 Å². The third kappa shape index (κ3) is 4.88. The van der Waals surface area contributed by atoms with E-state index in [0.717, 1.165) is 27.9 Å². The Hall–Kier alpha value is -3.87. The van der Waals surface area contributed by atoms with Gasteiger partial charge >= 0.3 is 5.63 Å². The van der Waals surface area contributed by atoms with Crippen LogP contribution in [0.1, 0.15) is 40.1 Å². The van der Waals surface area contributed by atoms with E-state index in [1.807, 2.05) is 55.8 Å². The summed E-state index contributed by atoms with van der Waals surface area (Å²) in [4.78, 5) is 25.1. The van der Waals surface area contributed by atoms with Crippen LogP contribution in [0.3, 0.4) is 0 Å². The fourth-order valence-corrected chi connectivity index (χ4v) is 4.20. The lowest BCUT2D eigenvalue weighted by molar-refractivity contribution is -0.121. The summed E-state index contributed by atoms with van der Waals surface area (Å²) in [6.45, 7) is 6.94. The quantitative estimate of drug-likeness (QED) is 0.399. The minimum atomic E-state index is -0.417. The Kier molecular flexibility index (Phi) is 6.82. The highest BCUT2D eigenvalue weighted by atomic mass is 16.5. The predicted molar refractivity (Wildman–Crippen MR) is 131 cm³/mol. The van der Waals surface area contributed by atoms with Crippen LogP contribution >= 0.6 is 0 Å². The van der Waals surface area contributed by atoms with Gasteiger partial charge in [0.2, 0.25) is 5.91 Å². The molecule has 2 aromatic carbocycles. The molecule has 4 aromatic rings. The molecule has 2 aromatic heterocycles. The number of amides is 1. The van der Waals surface area contributed by atoms with E-state index in [4.69, 9.17) is 9.15 Å². The van der Waals surface area contributed by atoms with Gasteiger partial charge < -0.3 is 14.5 Å². The zero-order valence-corrected chi connectivity index (χ0v) is 20.0. The molecule has 0 spiro atoms. The number of carbonyl (C=O) groups is 1. The summed E-state index contributed by atoms with van der Waals surface area (Å²) in [5, 5.41) is 8.46. The molecular weight excluding hydrogens is 430 g/mol. The number of aromatic nitrogens is 2. The fourth-order valence-electron chi connectivity index (χ4n) is 4.20. The molecule has 4 rings (SSSR count). The molecule has 0 unspecified atom stereocenters. The van der Waals surface area contributed by atoms with Gasteiger partial charge in [-0.25, -0.2) is 4.79 Å². The number of benzene rings is 2. The largest absolute Gasteiger partial charge is 0.497 e. The number of nitrogens with one attached hydrogen (secondary N) is 1. The molecule has 0 atom stereocenters. The van der Waals surface area contributed by atoms with E-state index in [1.165, 1.54) is 5.56 Å². The van der Waals surface area contributed by atoms with Crippen LogP contribution in [0.25, 0.3) is 11.0 Å². The maximum Gasteiger partial charge on any atom is 0.339 e. The Bertz CT molecular complexity index is 1390. The van der Waals surface area contributed by atoms with Gasteiger partial charge in [-0.15, -0.1) is 0 Å². The van der Waals surface area contributed by atoms with E-state index >= 15 is 0 Å². The molecule has 0 saturated carbocycles. The summed E-state index contributed by atoms with van der Waals surface area (Å²) < 4.78 is 12.6. The third-order valence-electron chi connectivity index (χ3n) is 6.27. The van der Waals surface area contributed by atoms with E-state index in [2.05, 4.69) is 22.5 Å². The van der Waals surface area contributed by atoms with Gasteiger partial charge in [0.15, 0.2) is 0 Å². The lowest BCUT2D eigenvalue weighted by Gasteiger charge is -2.10. The second-order valence-electron chi connectivity index (χ2n) is 8.42. The third-order valence-corrected chi connectivity index (χ3v) is 6.27. The number of methoxy groups -OCH3 is 1. The van der Waals surface area contributed by atoms with E-state index in [1.54, 1.807) is 13.2 Å². The van der Waals surface area contributed by atoms with Gasteiger partial charge in [-0.1, -0.05) is 30.3 Å². The van der Waals surface area contributed by atoms with Crippen molar-refractivity contribution in [2.24, 2.45) is 0 Å². The second-order valence-corrected chi connectivity index (χ2v) is 8.42. The van der Waals surface area contributed by atoms with Gasteiger partial charge in [-0.3, -0.25) is 9.48 Å². The molecule has 0 aliphatic rings. The molecule has 0 fully saturated rings. The van der Waals surface area contributed by atoms with Crippen molar-refractivity contribution in [2.45, 2.75) is 46.7 Å². The Balaban J connectivity index is 1.40. The molecule has 7 heteroatoms. The van der Waals surface area contributed by atoms with E-state index in [9.17, 15) is 9.59 Å². The van der Waals surface area contributed by atoms with Gasteiger partial charge in [-0.2, -0.15) is 5.10 Å². The maximum atomic E-state index is 12.6. The highest BCUT2D eigenvalue weighted by molar-refractivity contribution is 5.82. The van der Waals surface area contributed by atoms with Crippen LogP contribution in [0.5, 0.6) is 5.75 Å². The van der Waals surface area contributed by atoms with Crippen LogP contribution in [0, 0.1) is 20.8 Å². The smallest absolute Gasteiger partial charge is 0.339 e. The first kappa shape index (κ1) is 23.3. The molecular formula is C27H29N3O4. The summed E-state index contributed by atoms with van der Waals surface area (Å²) in [6.07, 6.45) is 0.511. The number of aryl methyl sites for hydroxylation is 2. The summed E-state index contributed by atoms with van der Waals surface area (Å²) in [7, 11) is 1.57. The maximum absolute atomic E-state index is 12.6. The Labute approximate surface area is 198 Å². The van der Waals surface area contributed by atoms with Crippen LogP contribution in [0.4, 0.5) is 0 Å². The standard InChI is InChI=1S/C27H29N3O4/c1-17-22-11-10-21(33-4)14-25(22)34-27(32)23(17)12-13-26(31)28-15-24-18(2)29-30(19(24)3)16-20-8-6-5-7-9-20/h5-11,14H,12-13,15-16H2,1-4H3,(H,28,31). The van der Waals surface area contributed by atoms with E-state index in [-0.39, 0.29) is 12.3 Å². The molecule has 2 heterocycles. The molecule has 7 nitrogen and oxygen atoms in total. The SMILES string of the molecule is COc1ccc2c(C)c(CCC(=O)NCc3c(C)nn(Cc4ccccc4)c3C)c(=O)oc2c1. The van der Waals surface area contributed by atoms with Crippen molar-refractivity contribution in [1.82, 2.24) is 15.1 Å².